The molecule has 4 heteroatoms. The van der Waals surface area contributed by atoms with Crippen molar-refractivity contribution in [2.24, 2.45) is 11.7 Å². The van der Waals surface area contributed by atoms with E-state index >= 15 is 0 Å². The summed E-state index contributed by atoms with van der Waals surface area (Å²) in [6.07, 6.45) is 0. The third kappa shape index (κ3) is 5.29. The topological polar surface area (TPSA) is 32.5 Å². The zero-order valence-electron chi connectivity index (χ0n) is 14.3. The van der Waals surface area contributed by atoms with Crippen molar-refractivity contribution in [3.05, 3.63) is 29.1 Å². The molecule has 1 rings (SSSR count). The predicted octanol–water partition coefficient (Wildman–Crippen LogP) is 3.18. The smallest absolute Gasteiger partial charge is 0.126 e. The van der Waals surface area contributed by atoms with Crippen molar-refractivity contribution in [1.82, 2.24) is 4.90 Å². The molecule has 0 heterocycles. The van der Waals surface area contributed by atoms with Gasteiger partial charge in [-0.05, 0) is 57.1 Å². The number of benzene rings is 1. The summed E-state index contributed by atoms with van der Waals surface area (Å²) in [6.45, 7) is 10.9. The summed E-state index contributed by atoms with van der Waals surface area (Å²) in [6, 6.07) is 3.36. The van der Waals surface area contributed by atoms with E-state index in [0.29, 0.717) is 11.5 Å². The Morgan fingerprint density at radius 2 is 1.76 bits per heavy atom. The molecule has 3 nitrogen and oxygen atoms in total. The molecule has 0 aliphatic heterocycles. The Morgan fingerprint density at radius 1 is 1.14 bits per heavy atom. The van der Waals surface area contributed by atoms with Gasteiger partial charge in [0.25, 0.3) is 0 Å². The van der Waals surface area contributed by atoms with E-state index in [1.165, 1.54) is 0 Å². The maximum atomic E-state index is 13.9. The number of likely N-dealkylation sites (N-methyl/N-ethyl adjacent to an activating group) is 1. The first-order valence-electron chi connectivity index (χ1n) is 7.67. The van der Waals surface area contributed by atoms with E-state index in [9.17, 15) is 4.39 Å². The highest BCUT2D eigenvalue weighted by Crippen LogP contribution is 2.29. The highest BCUT2D eigenvalue weighted by Gasteiger charge is 2.17. The second-order valence-electron chi connectivity index (χ2n) is 6.59. The second kappa shape index (κ2) is 7.76. The third-order valence-corrected chi connectivity index (χ3v) is 3.54. The fraction of sp³-hybridized carbons (Fsp3) is 0.647. The Morgan fingerprint density at radius 3 is 2.24 bits per heavy atom. The first kappa shape index (κ1) is 17.9. The fourth-order valence-electron chi connectivity index (χ4n) is 2.39. The lowest BCUT2D eigenvalue weighted by Gasteiger charge is -2.31. The van der Waals surface area contributed by atoms with Gasteiger partial charge in [0.15, 0.2) is 0 Å². The van der Waals surface area contributed by atoms with Gasteiger partial charge in [0.05, 0.1) is 0 Å². The second-order valence-corrected chi connectivity index (χ2v) is 6.59. The van der Waals surface area contributed by atoms with Crippen LogP contribution in [0.4, 0.5) is 10.1 Å². The summed E-state index contributed by atoms with van der Waals surface area (Å²) in [7, 11) is 4.13. The molecular formula is C17H30FN3. The van der Waals surface area contributed by atoms with Crippen molar-refractivity contribution >= 4 is 5.69 Å². The van der Waals surface area contributed by atoms with E-state index < -0.39 is 0 Å². The Bertz CT molecular complexity index is 456. The third-order valence-electron chi connectivity index (χ3n) is 3.54. The molecule has 0 aliphatic carbocycles. The van der Waals surface area contributed by atoms with E-state index in [1.54, 1.807) is 6.07 Å². The molecule has 1 unspecified atom stereocenters. The summed E-state index contributed by atoms with van der Waals surface area (Å²) in [5.74, 6) is 0.363. The van der Waals surface area contributed by atoms with Gasteiger partial charge in [-0.1, -0.05) is 13.8 Å². The van der Waals surface area contributed by atoms with Gasteiger partial charge in [0.1, 0.15) is 5.82 Å². The summed E-state index contributed by atoms with van der Waals surface area (Å²) in [5, 5.41) is 0. The van der Waals surface area contributed by atoms with Crippen LogP contribution in [0.15, 0.2) is 12.1 Å². The maximum Gasteiger partial charge on any atom is 0.126 e. The minimum Gasteiger partial charge on any atom is -0.370 e. The van der Waals surface area contributed by atoms with Crippen molar-refractivity contribution in [3.8, 4) is 0 Å². The van der Waals surface area contributed by atoms with Crippen LogP contribution in [0.3, 0.4) is 0 Å². The minimum atomic E-state index is -0.178. The largest absolute Gasteiger partial charge is 0.370 e. The van der Waals surface area contributed by atoms with E-state index in [4.69, 9.17) is 5.73 Å². The van der Waals surface area contributed by atoms with E-state index in [1.807, 2.05) is 19.9 Å². The van der Waals surface area contributed by atoms with Crippen LogP contribution in [-0.2, 0) is 0 Å². The number of halogens is 1. The van der Waals surface area contributed by atoms with Gasteiger partial charge in [-0.15, -0.1) is 0 Å². The summed E-state index contributed by atoms with van der Waals surface area (Å²) in [4.78, 5) is 4.49. The maximum absolute atomic E-state index is 13.9. The Balaban J connectivity index is 3.17. The zero-order valence-corrected chi connectivity index (χ0v) is 14.3. The first-order valence-corrected chi connectivity index (χ1v) is 7.67. The molecule has 2 N–H and O–H groups in total. The molecule has 0 aliphatic rings. The minimum absolute atomic E-state index is 0.177. The molecule has 21 heavy (non-hydrogen) atoms. The standard InChI is InChI=1S/C17H30FN3/c1-12(2)11-21(8-7-20(5)6)17-9-13(3)16(18)10-15(17)14(4)19/h9-10,12,14H,7-8,11,19H2,1-6H3. The van der Waals surface area contributed by atoms with Gasteiger partial charge >= 0.3 is 0 Å². The number of aryl methyl sites for hydroxylation is 1. The van der Waals surface area contributed by atoms with Crippen LogP contribution in [0, 0.1) is 18.7 Å². The molecule has 0 saturated carbocycles. The van der Waals surface area contributed by atoms with Crippen molar-refractivity contribution in [3.63, 3.8) is 0 Å². The van der Waals surface area contributed by atoms with Gasteiger partial charge in [0.2, 0.25) is 0 Å². The SMILES string of the molecule is Cc1cc(N(CCN(C)C)CC(C)C)c(C(C)N)cc1F. The normalized spacial score (nSPS) is 13.0. The molecule has 1 atom stereocenters. The Kier molecular flexibility index (Phi) is 6.62. The fourth-order valence-corrected chi connectivity index (χ4v) is 2.39. The molecule has 0 radical (unpaired) electrons. The van der Waals surface area contributed by atoms with Crippen LogP contribution in [0.2, 0.25) is 0 Å². The van der Waals surface area contributed by atoms with E-state index in [-0.39, 0.29) is 11.9 Å². The van der Waals surface area contributed by atoms with Gasteiger partial charge in [-0.2, -0.15) is 0 Å². The molecule has 0 saturated heterocycles. The van der Waals surface area contributed by atoms with Crippen LogP contribution in [-0.4, -0.2) is 38.6 Å². The lowest BCUT2D eigenvalue weighted by molar-refractivity contribution is 0.408. The summed E-state index contributed by atoms with van der Waals surface area (Å²) in [5.41, 5.74) is 8.68. The zero-order chi connectivity index (χ0) is 16.2. The monoisotopic (exact) mass is 295 g/mol. The number of nitrogens with zero attached hydrogens (tertiary/aromatic N) is 2. The summed E-state index contributed by atoms with van der Waals surface area (Å²) >= 11 is 0. The lowest BCUT2D eigenvalue weighted by Crippen LogP contribution is -2.35. The van der Waals surface area contributed by atoms with E-state index in [2.05, 4.69) is 37.7 Å². The number of nitrogens with two attached hydrogens (primary N) is 1. The molecule has 1 aromatic carbocycles. The molecule has 120 valence electrons. The van der Waals surface area contributed by atoms with Gasteiger partial charge < -0.3 is 15.5 Å². The average molecular weight is 295 g/mol. The molecule has 0 amide bonds. The molecule has 0 fully saturated rings. The summed E-state index contributed by atoms with van der Waals surface area (Å²) < 4.78 is 13.9. The molecule has 0 spiro atoms. The van der Waals surface area contributed by atoms with Crippen LogP contribution >= 0.6 is 0 Å². The lowest BCUT2D eigenvalue weighted by atomic mass is 10.0. The number of rotatable bonds is 7. The predicted molar refractivity (Wildman–Crippen MR) is 89.3 cm³/mol. The van der Waals surface area contributed by atoms with Crippen molar-refractivity contribution < 1.29 is 4.39 Å². The van der Waals surface area contributed by atoms with Crippen LogP contribution < -0.4 is 10.6 Å². The Labute approximate surface area is 128 Å². The van der Waals surface area contributed by atoms with Gasteiger partial charge in [-0.25, -0.2) is 4.39 Å². The van der Waals surface area contributed by atoms with Gasteiger partial charge in [0, 0.05) is 31.4 Å². The van der Waals surface area contributed by atoms with Crippen LogP contribution in [0.1, 0.15) is 37.9 Å². The van der Waals surface area contributed by atoms with E-state index in [0.717, 1.165) is 30.9 Å². The number of hydrogen-bond donors (Lipinski definition) is 1. The quantitative estimate of drug-likeness (QED) is 0.838. The first-order chi connectivity index (χ1) is 9.72. The average Bonchev–Trinajstić information content (AvgIpc) is 2.36. The van der Waals surface area contributed by atoms with Crippen molar-refractivity contribution in [1.29, 1.82) is 0 Å². The molecular weight excluding hydrogens is 265 g/mol. The Hall–Kier alpha value is -1.13. The molecule has 0 aromatic heterocycles. The highest BCUT2D eigenvalue weighted by molar-refractivity contribution is 5.57. The highest BCUT2D eigenvalue weighted by atomic mass is 19.1. The molecule has 0 bridgehead atoms. The van der Waals surface area contributed by atoms with Crippen molar-refractivity contribution in [2.45, 2.75) is 33.7 Å². The molecule has 1 aromatic rings. The van der Waals surface area contributed by atoms with Crippen molar-refractivity contribution in [2.75, 3.05) is 38.6 Å². The van der Waals surface area contributed by atoms with Gasteiger partial charge in [-0.3, -0.25) is 0 Å². The number of anilines is 1. The number of hydrogen-bond acceptors (Lipinski definition) is 3. The van der Waals surface area contributed by atoms with Crippen LogP contribution in [0.25, 0.3) is 0 Å². The van der Waals surface area contributed by atoms with Crippen LogP contribution in [0.5, 0.6) is 0 Å².